The maximum Gasteiger partial charge on any atom is 0.254 e. The van der Waals surface area contributed by atoms with E-state index in [2.05, 4.69) is 5.32 Å². The average molecular weight is 510 g/mol. The molecule has 0 bridgehead atoms. The van der Waals surface area contributed by atoms with Gasteiger partial charge in [-0.1, -0.05) is 48.7 Å². The summed E-state index contributed by atoms with van der Waals surface area (Å²) in [5.74, 6) is 0.424. The Bertz CT molecular complexity index is 970. The number of sulfonamides is 1. The average Bonchev–Trinajstić information content (AvgIpc) is 2.83. The fourth-order valence-electron chi connectivity index (χ4n) is 4.41. The maximum absolute atomic E-state index is 13.1. The molecular formula is C20H27Cl3N4O3S. The van der Waals surface area contributed by atoms with Crippen molar-refractivity contribution in [2.45, 2.75) is 50.5 Å². The Hall–Kier alpha value is -1.06. The Morgan fingerprint density at radius 1 is 1.19 bits per heavy atom. The molecule has 1 atom stereocenters. The lowest BCUT2D eigenvalue weighted by atomic mass is 9.90. The van der Waals surface area contributed by atoms with Gasteiger partial charge in [0.05, 0.1) is 10.0 Å². The molecule has 2 heterocycles. The monoisotopic (exact) mass is 508 g/mol. The number of nitrogens with zero attached hydrogens (tertiary/aromatic N) is 2. The van der Waals surface area contributed by atoms with Crippen molar-refractivity contribution in [1.29, 1.82) is 5.41 Å². The van der Waals surface area contributed by atoms with Crippen LogP contribution in [0.15, 0.2) is 17.0 Å². The number of piperidine rings is 1. The number of hydrogen-bond donors (Lipinski definition) is 2. The van der Waals surface area contributed by atoms with E-state index < -0.39 is 15.6 Å². The van der Waals surface area contributed by atoms with Gasteiger partial charge in [-0.3, -0.25) is 15.1 Å². The van der Waals surface area contributed by atoms with Gasteiger partial charge in [0.25, 0.3) is 5.91 Å². The van der Waals surface area contributed by atoms with E-state index in [1.807, 2.05) is 20.8 Å². The molecule has 0 spiro atoms. The molecule has 1 amide bonds. The van der Waals surface area contributed by atoms with Gasteiger partial charge in [0, 0.05) is 24.7 Å². The molecule has 0 saturated carbocycles. The molecule has 2 aliphatic heterocycles. The lowest BCUT2D eigenvalue weighted by molar-refractivity contribution is -0.131. The van der Waals surface area contributed by atoms with Gasteiger partial charge in [0.1, 0.15) is 10.4 Å². The van der Waals surface area contributed by atoms with Crippen molar-refractivity contribution < 1.29 is 13.2 Å². The minimum atomic E-state index is -3.87. The Morgan fingerprint density at radius 3 is 2.26 bits per heavy atom. The molecule has 0 aliphatic carbocycles. The Labute approximate surface area is 198 Å². The zero-order chi connectivity index (χ0) is 23.1. The summed E-state index contributed by atoms with van der Waals surface area (Å²) in [6.45, 7) is 6.89. The predicted molar refractivity (Wildman–Crippen MR) is 123 cm³/mol. The smallest absolute Gasteiger partial charge is 0.254 e. The molecule has 31 heavy (non-hydrogen) atoms. The number of rotatable bonds is 6. The second-order valence-electron chi connectivity index (χ2n) is 8.87. The third-order valence-electron chi connectivity index (χ3n) is 5.77. The Balaban J connectivity index is 1.66. The second-order valence-corrected chi connectivity index (χ2v) is 12.0. The molecule has 2 N–H and O–H groups in total. The predicted octanol–water partition coefficient (Wildman–Crippen LogP) is 4.22. The third-order valence-corrected chi connectivity index (χ3v) is 8.81. The van der Waals surface area contributed by atoms with Gasteiger partial charge in [-0.05, 0) is 50.2 Å². The number of benzene rings is 1. The molecular weight excluding hydrogens is 483 g/mol. The van der Waals surface area contributed by atoms with Crippen molar-refractivity contribution in [2.75, 3.05) is 19.6 Å². The lowest BCUT2D eigenvalue weighted by Crippen LogP contribution is -2.46. The first-order chi connectivity index (χ1) is 14.3. The van der Waals surface area contributed by atoms with E-state index in [0.29, 0.717) is 31.7 Å². The normalized spacial score (nSPS) is 23.6. The molecule has 0 radical (unpaired) electrons. The summed E-state index contributed by atoms with van der Waals surface area (Å²) in [6, 6.07) is 2.72. The van der Waals surface area contributed by atoms with Crippen LogP contribution in [-0.2, 0) is 14.8 Å². The highest BCUT2D eigenvalue weighted by molar-refractivity contribution is 7.89. The van der Waals surface area contributed by atoms with Gasteiger partial charge in [-0.15, -0.1) is 0 Å². The summed E-state index contributed by atoms with van der Waals surface area (Å²) in [6.07, 6.45) is 1.78. The summed E-state index contributed by atoms with van der Waals surface area (Å²) >= 11 is 18.1. The van der Waals surface area contributed by atoms with E-state index in [0.717, 1.165) is 0 Å². The minimum absolute atomic E-state index is 0.00810. The zero-order valence-corrected chi connectivity index (χ0v) is 20.8. The number of amides is 1. The summed E-state index contributed by atoms with van der Waals surface area (Å²) in [7, 11) is -3.87. The Kier molecular flexibility index (Phi) is 7.18. The molecule has 11 heteroatoms. The third kappa shape index (κ3) is 4.98. The molecule has 0 aromatic heterocycles. The number of nitrogens with one attached hydrogen (secondary N) is 2. The van der Waals surface area contributed by atoms with Gasteiger partial charge in [0.15, 0.2) is 5.96 Å². The van der Waals surface area contributed by atoms with Crippen LogP contribution in [0.2, 0.25) is 15.1 Å². The van der Waals surface area contributed by atoms with Crippen molar-refractivity contribution in [3.8, 4) is 0 Å². The van der Waals surface area contributed by atoms with Gasteiger partial charge in [-0.25, -0.2) is 8.42 Å². The highest BCUT2D eigenvalue weighted by Crippen LogP contribution is 2.36. The fraction of sp³-hybridized carbons (Fsp3) is 0.600. The van der Waals surface area contributed by atoms with Crippen molar-refractivity contribution in [3.05, 3.63) is 27.2 Å². The van der Waals surface area contributed by atoms with Crippen LogP contribution in [0.5, 0.6) is 0 Å². The van der Waals surface area contributed by atoms with E-state index in [4.69, 9.17) is 40.2 Å². The first-order valence-electron chi connectivity index (χ1n) is 10.2. The molecule has 7 nitrogen and oxygen atoms in total. The van der Waals surface area contributed by atoms with Gasteiger partial charge < -0.3 is 5.32 Å². The summed E-state index contributed by atoms with van der Waals surface area (Å²) in [5, 5.41) is 11.5. The molecule has 3 rings (SSSR count). The van der Waals surface area contributed by atoms with Gasteiger partial charge in [-0.2, -0.15) is 4.31 Å². The molecule has 2 saturated heterocycles. The molecule has 172 valence electrons. The fourth-order valence-corrected chi connectivity index (χ4v) is 7.37. The van der Waals surface area contributed by atoms with Gasteiger partial charge in [0.2, 0.25) is 10.0 Å². The number of hydrogen-bond acceptors (Lipinski definition) is 4. The first kappa shape index (κ1) is 24.6. The minimum Gasteiger partial charge on any atom is -0.342 e. The molecule has 1 unspecified atom stereocenters. The van der Waals surface area contributed by atoms with E-state index in [1.54, 1.807) is 0 Å². The molecule has 1 aromatic rings. The lowest BCUT2D eigenvalue weighted by Gasteiger charge is -2.33. The van der Waals surface area contributed by atoms with Crippen molar-refractivity contribution >= 4 is 56.7 Å². The topological polar surface area (TPSA) is 93.6 Å². The summed E-state index contributed by atoms with van der Waals surface area (Å²) < 4.78 is 27.5. The van der Waals surface area contributed by atoms with E-state index in [9.17, 15) is 13.2 Å². The standard InChI is InChI=1S/C20H27Cl3N4O3S/c1-12(2)10-20(3)18(28)27(19(24)25-20)11-13-4-6-26(7-5-13)31(29,30)17-15(22)8-14(21)9-16(17)23/h8-9,12-13H,4-7,10-11H2,1-3H3,(H2,24,25). The largest absolute Gasteiger partial charge is 0.342 e. The van der Waals surface area contributed by atoms with Crippen LogP contribution in [0.1, 0.15) is 40.0 Å². The number of carbonyl (C=O) groups excluding carboxylic acids is 1. The molecule has 2 fully saturated rings. The quantitative estimate of drug-likeness (QED) is 0.600. The van der Waals surface area contributed by atoms with Crippen molar-refractivity contribution in [3.63, 3.8) is 0 Å². The number of carbonyl (C=O) groups is 1. The second kappa shape index (κ2) is 9.06. The molecule has 1 aromatic carbocycles. The zero-order valence-electron chi connectivity index (χ0n) is 17.7. The first-order valence-corrected chi connectivity index (χ1v) is 12.8. The van der Waals surface area contributed by atoms with Crippen LogP contribution in [0.4, 0.5) is 0 Å². The van der Waals surface area contributed by atoms with Gasteiger partial charge >= 0.3 is 0 Å². The molecule has 2 aliphatic rings. The van der Waals surface area contributed by atoms with E-state index >= 15 is 0 Å². The van der Waals surface area contributed by atoms with Crippen LogP contribution in [0.25, 0.3) is 0 Å². The van der Waals surface area contributed by atoms with Crippen LogP contribution < -0.4 is 5.32 Å². The maximum atomic E-state index is 13.1. The van der Waals surface area contributed by atoms with E-state index in [1.165, 1.54) is 21.3 Å². The van der Waals surface area contributed by atoms with Crippen LogP contribution in [-0.4, -0.2) is 54.7 Å². The number of guanidine groups is 1. The van der Waals surface area contributed by atoms with Crippen LogP contribution in [0, 0.1) is 17.2 Å². The van der Waals surface area contributed by atoms with Crippen LogP contribution in [0.3, 0.4) is 0 Å². The van der Waals surface area contributed by atoms with E-state index in [-0.39, 0.29) is 50.8 Å². The SMILES string of the molecule is CC(C)CC1(C)NC(=N)N(CC2CCN(S(=O)(=O)c3c(Cl)cc(Cl)cc3Cl)CC2)C1=O. The van der Waals surface area contributed by atoms with Crippen LogP contribution >= 0.6 is 34.8 Å². The van der Waals surface area contributed by atoms with Crippen molar-refractivity contribution in [1.82, 2.24) is 14.5 Å². The Morgan fingerprint density at radius 2 is 1.74 bits per heavy atom. The number of halogens is 3. The highest BCUT2D eigenvalue weighted by Gasteiger charge is 2.46. The van der Waals surface area contributed by atoms with Crippen molar-refractivity contribution in [2.24, 2.45) is 11.8 Å². The highest BCUT2D eigenvalue weighted by atomic mass is 35.5. The summed E-state index contributed by atoms with van der Waals surface area (Å²) in [5.41, 5.74) is -0.766. The summed E-state index contributed by atoms with van der Waals surface area (Å²) in [4.78, 5) is 14.3.